The van der Waals surface area contributed by atoms with Crippen molar-refractivity contribution in [3.63, 3.8) is 0 Å². The fraction of sp³-hybridized carbons (Fsp3) is 0.667. The van der Waals surface area contributed by atoms with Crippen LogP contribution in [0, 0.1) is 23.1 Å². The number of nitrogens with one attached hydrogen (secondary N) is 2. The molecule has 248 valence electrons. The molecule has 2 unspecified atom stereocenters. The highest BCUT2D eigenvalue weighted by atomic mass is 19.1. The van der Waals surface area contributed by atoms with Crippen LogP contribution in [0.5, 0.6) is 11.6 Å². The van der Waals surface area contributed by atoms with Crippen LogP contribution >= 0.6 is 0 Å². The third-order valence-corrected chi connectivity index (χ3v) is 9.23. The van der Waals surface area contributed by atoms with Gasteiger partial charge in [0.25, 0.3) is 11.8 Å². The quantitative estimate of drug-likeness (QED) is 0.284. The van der Waals surface area contributed by atoms with Crippen LogP contribution in [0.3, 0.4) is 0 Å². The van der Waals surface area contributed by atoms with E-state index in [1.54, 1.807) is 11.9 Å². The van der Waals surface area contributed by atoms with Gasteiger partial charge < -0.3 is 25.2 Å². The van der Waals surface area contributed by atoms with Gasteiger partial charge in [0, 0.05) is 69.7 Å². The molecule has 2 aliphatic rings. The number of benzene rings is 1. The number of hydrogen-bond acceptors (Lipinski definition) is 9. The van der Waals surface area contributed by atoms with Gasteiger partial charge in [-0.1, -0.05) is 20.8 Å². The molecule has 1 spiro atoms. The Morgan fingerprint density at radius 2 is 1.91 bits per heavy atom. The predicted octanol–water partition coefficient (Wildman–Crippen LogP) is 3.96. The second kappa shape index (κ2) is 15.3. The maximum absolute atomic E-state index is 14.3. The van der Waals surface area contributed by atoms with Gasteiger partial charge >= 0.3 is 0 Å². The normalized spacial score (nSPS) is 17.4. The molecule has 1 aromatic carbocycles. The maximum Gasteiger partial charge on any atom is 0.282 e. The second-order valence-electron chi connectivity index (χ2n) is 13.3. The van der Waals surface area contributed by atoms with E-state index in [4.69, 9.17) is 4.74 Å². The Balaban J connectivity index is 1.38. The minimum Gasteiger partial charge on any atom is -0.434 e. The van der Waals surface area contributed by atoms with Gasteiger partial charge in [0.05, 0.1) is 5.56 Å². The van der Waals surface area contributed by atoms with Crippen molar-refractivity contribution >= 4 is 17.6 Å². The Hall–Kier alpha value is -3.38. The van der Waals surface area contributed by atoms with Crippen molar-refractivity contribution in [1.82, 2.24) is 35.6 Å². The van der Waals surface area contributed by atoms with Crippen molar-refractivity contribution in [1.29, 1.82) is 0 Å². The van der Waals surface area contributed by atoms with Gasteiger partial charge in [-0.2, -0.15) is 0 Å². The van der Waals surface area contributed by atoms with E-state index in [0.29, 0.717) is 30.9 Å². The Kier molecular flexibility index (Phi) is 11.7. The summed E-state index contributed by atoms with van der Waals surface area (Å²) in [4.78, 5) is 36.1. The van der Waals surface area contributed by atoms with Crippen LogP contribution in [0.15, 0.2) is 24.5 Å². The van der Waals surface area contributed by atoms with Crippen LogP contribution in [-0.4, -0.2) is 102 Å². The number of halogens is 1. The number of anilines is 1. The van der Waals surface area contributed by atoms with Crippen molar-refractivity contribution < 1.29 is 18.7 Å². The molecule has 45 heavy (non-hydrogen) atoms. The number of nitrogens with zero attached hydrogens (tertiary/aromatic N) is 6. The SMILES string of the molecule is CCN(C(=O)c1cc(F)ccc1Oc1nncnc1N1CCC2(C1)CN(C(CCCNCC(C)C(=O)NC)C(C)C)C2)C(C)C. The van der Waals surface area contributed by atoms with E-state index in [1.807, 2.05) is 27.7 Å². The Labute approximate surface area is 267 Å². The highest BCUT2D eigenvalue weighted by Gasteiger charge is 2.50. The van der Waals surface area contributed by atoms with Gasteiger partial charge in [-0.15, -0.1) is 10.2 Å². The molecule has 2 aromatic rings. The molecule has 12 heteroatoms. The predicted molar refractivity (Wildman–Crippen MR) is 173 cm³/mol. The van der Waals surface area contributed by atoms with E-state index in [2.05, 4.69) is 49.5 Å². The van der Waals surface area contributed by atoms with Crippen LogP contribution in [0.1, 0.15) is 71.2 Å². The summed E-state index contributed by atoms with van der Waals surface area (Å²) in [7, 11) is 1.67. The maximum atomic E-state index is 14.3. The topological polar surface area (TPSA) is 116 Å². The Morgan fingerprint density at radius 3 is 2.58 bits per heavy atom. The molecule has 4 rings (SSSR count). The molecular weight excluding hydrogens is 575 g/mol. The van der Waals surface area contributed by atoms with Crippen LogP contribution in [0.4, 0.5) is 10.2 Å². The molecular formula is C33H51FN8O3. The first-order chi connectivity index (χ1) is 21.5. The number of carbonyl (C=O) groups excluding carboxylic acids is 2. The Bertz CT molecular complexity index is 1300. The first-order valence-corrected chi connectivity index (χ1v) is 16.4. The zero-order chi connectivity index (χ0) is 32.7. The molecule has 2 amide bonds. The number of ether oxygens (including phenoxy) is 1. The fourth-order valence-electron chi connectivity index (χ4n) is 6.76. The van der Waals surface area contributed by atoms with E-state index in [9.17, 15) is 14.0 Å². The highest BCUT2D eigenvalue weighted by molar-refractivity contribution is 5.97. The standard InChI is InChI=1S/C33H51FN8O3/c1-8-42(23(4)5)32(44)26-16-25(34)11-12-28(26)45-31-29(37-21-38-39-31)40-15-13-33(18-40)19-41(20-33)27(22(2)3)10-9-14-36-17-24(6)30(43)35-7/h11-12,16,21-24,27,36H,8-10,13-15,17-20H2,1-7H3,(H,35,43). The average Bonchev–Trinajstić information content (AvgIpc) is 3.44. The smallest absolute Gasteiger partial charge is 0.282 e. The number of carbonyl (C=O) groups is 2. The minimum absolute atomic E-state index is 0.0380. The van der Waals surface area contributed by atoms with E-state index in [0.717, 1.165) is 52.0 Å². The summed E-state index contributed by atoms with van der Waals surface area (Å²) in [6, 6.07) is 4.42. The highest BCUT2D eigenvalue weighted by Crippen LogP contribution is 2.44. The van der Waals surface area contributed by atoms with E-state index >= 15 is 0 Å². The second-order valence-corrected chi connectivity index (χ2v) is 13.3. The molecule has 2 aliphatic heterocycles. The van der Waals surface area contributed by atoms with Crippen molar-refractivity contribution in [3.8, 4) is 11.6 Å². The molecule has 0 bridgehead atoms. The zero-order valence-electron chi connectivity index (χ0n) is 28.0. The average molecular weight is 627 g/mol. The van der Waals surface area contributed by atoms with E-state index < -0.39 is 5.82 Å². The lowest BCUT2D eigenvalue weighted by Gasteiger charge is -2.53. The summed E-state index contributed by atoms with van der Waals surface area (Å²) in [5.74, 6) is 0.774. The number of rotatable bonds is 15. The number of aromatic nitrogens is 3. The van der Waals surface area contributed by atoms with Crippen molar-refractivity contribution in [2.24, 2.45) is 17.3 Å². The lowest BCUT2D eigenvalue weighted by Crippen LogP contribution is -2.62. The van der Waals surface area contributed by atoms with Crippen LogP contribution in [0.25, 0.3) is 0 Å². The van der Waals surface area contributed by atoms with E-state index in [-0.39, 0.29) is 46.4 Å². The van der Waals surface area contributed by atoms with Gasteiger partial charge in [0.2, 0.25) is 5.91 Å². The van der Waals surface area contributed by atoms with Gasteiger partial charge in [-0.25, -0.2) is 9.37 Å². The van der Waals surface area contributed by atoms with Crippen LogP contribution in [0.2, 0.25) is 0 Å². The number of likely N-dealkylation sites (tertiary alicyclic amines) is 1. The first kappa shape index (κ1) is 34.5. The lowest BCUT2D eigenvalue weighted by molar-refractivity contribution is -0.123. The van der Waals surface area contributed by atoms with Crippen LogP contribution < -0.4 is 20.3 Å². The minimum atomic E-state index is -0.509. The van der Waals surface area contributed by atoms with Crippen molar-refractivity contribution in [2.45, 2.75) is 72.9 Å². The van der Waals surface area contributed by atoms with Crippen molar-refractivity contribution in [3.05, 3.63) is 35.9 Å². The molecule has 2 saturated heterocycles. The molecule has 0 saturated carbocycles. The molecule has 2 fully saturated rings. The van der Waals surface area contributed by atoms with Crippen molar-refractivity contribution in [2.75, 3.05) is 57.8 Å². The Morgan fingerprint density at radius 1 is 1.16 bits per heavy atom. The number of amides is 2. The van der Waals surface area contributed by atoms with Gasteiger partial charge in [0.15, 0.2) is 5.82 Å². The molecule has 11 nitrogen and oxygen atoms in total. The fourth-order valence-corrected chi connectivity index (χ4v) is 6.76. The largest absolute Gasteiger partial charge is 0.434 e. The number of hydrogen-bond donors (Lipinski definition) is 2. The molecule has 2 N–H and O–H groups in total. The summed E-state index contributed by atoms with van der Waals surface area (Å²) in [6.07, 6.45) is 4.62. The van der Waals surface area contributed by atoms with Gasteiger partial charge in [-0.05, 0) is 70.7 Å². The van der Waals surface area contributed by atoms with E-state index in [1.165, 1.54) is 24.5 Å². The van der Waals surface area contributed by atoms with Gasteiger partial charge in [-0.3, -0.25) is 14.5 Å². The molecule has 0 radical (unpaired) electrons. The van der Waals surface area contributed by atoms with Crippen LogP contribution in [-0.2, 0) is 4.79 Å². The zero-order valence-corrected chi connectivity index (χ0v) is 28.0. The first-order valence-electron chi connectivity index (χ1n) is 16.4. The summed E-state index contributed by atoms with van der Waals surface area (Å²) in [5.41, 5.74) is 0.317. The molecule has 3 heterocycles. The summed E-state index contributed by atoms with van der Waals surface area (Å²) >= 11 is 0. The molecule has 2 atom stereocenters. The third kappa shape index (κ3) is 8.26. The molecule has 0 aliphatic carbocycles. The third-order valence-electron chi connectivity index (χ3n) is 9.23. The summed E-state index contributed by atoms with van der Waals surface area (Å²) < 4.78 is 20.5. The lowest BCUT2D eigenvalue weighted by atomic mass is 9.76. The monoisotopic (exact) mass is 626 g/mol. The summed E-state index contributed by atoms with van der Waals surface area (Å²) in [5, 5.41) is 14.3. The molecule has 1 aromatic heterocycles. The summed E-state index contributed by atoms with van der Waals surface area (Å²) in [6.45, 7) is 18.1. The van der Waals surface area contributed by atoms with Gasteiger partial charge in [0.1, 0.15) is 17.9 Å².